The summed E-state index contributed by atoms with van der Waals surface area (Å²) >= 11 is 7.50. The normalized spacial score (nSPS) is 10.9. The first-order valence-corrected chi connectivity index (χ1v) is 12.1. The van der Waals surface area contributed by atoms with E-state index in [9.17, 15) is 4.79 Å². The summed E-state index contributed by atoms with van der Waals surface area (Å²) in [5, 5.41) is 4.05. The van der Waals surface area contributed by atoms with E-state index in [0.717, 1.165) is 27.8 Å². The van der Waals surface area contributed by atoms with Crippen molar-refractivity contribution in [3.05, 3.63) is 94.3 Å². The summed E-state index contributed by atoms with van der Waals surface area (Å²) in [7, 11) is 1.64. The minimum atomic E-state index is -0.332. The highest BCUT2D eigenvalue weighted by molar-refractivity contribution is 7.21. The Morgan fingerprint density at radius 3 is 2.46 bits per heavy atom. The van der Waals surface area contributed by atoms with Gasteiger partial charge in [0.05, 0.1) is 29.2 Å². The number of aromatic nitrogens is 1. The number of ether oxygens (including phenoxy) is 1. The lowest BCUT2D eigenvalue weighted by Crippen LogP contribution is -2.12. The number of halogens is 1. The number of anilines is 2. The van der Waals surface area contributed by atoms with Crippen molar-refractivity contribution in [1.82, 2.24) is 4.98 Å². The Morgan fingerprint density at radius 1 is 1.00 bits per heavy atom. The van der Waals surface area contributed by atoms with Crippen LogP contribution in [0.4, 0.5) is 11.4 Å². The molecule has 0 aliphatic carbocycles. The Kier molecular flexibility index (Phi) is 6.16. The first-order chi connectivity index (χ1) is 17.0. The number of pyridine rings is 1. The van der Waals surface area contributed by atoms with Gasteiger partial charge in [-0.25, -0.2) is 4.98 Å². The Bertz CT molecular complexity index is 1560. The molecule has 0 spiro atoms. The molecule has 0 aliphatic rings. The highest BCUT2D eigenvalue weighted by Gasteiger charge is 2.23. The van der Waals surface area contributed by atoms with Crippen molar-refractivity contribution in [1.29, 1.82) is 0 Å². The summed E-state index contributed by atoms with van der Waals surface area (Å²) < 4.78 is 5.64. The fourth-order valence-corrected chi connectivity index (χ4v) is 5.18. The van der Waals surface area contributed by atoms with Crippen LogP contribution in [0.5, 0.6) is 5.75 Å². The van der Waals surface area contributed by atoms with Crippen LogP contribution in [0, 0.1) is 6.92 Å². The smallest absolute Gasteiger partial charge is 0.267 e. The molecular weight excluding hydrogens is 478 g/mol. The van der Waals surface area contributed by atoms with E-state index in [4.69, 9.17) is 27.1 Å². The standard InChI is InChI=1S/C28H22ClN3O2S/c1-16-11-13-17(14-12-16)22-15-19(18-7-3-6-10-23(18)34-2)24-25(30)26(35-28(24)32-22)27(33)31-21-9-5-4-8-20(21)29/h3-15H,30H2,1-2H3,(H,31,33). The van der Waals surface area contributed by atoms with Crippen LogP contribution in [-0.2, 0) is 0 Å². The highest BCUT2D eigenvalue weighted by Crippen LogP contribution is 2.44. The molecule has 0 saturated carbocycles. The highest BCUT2D eigenvalue weighted by atomic mass is 35.5. The molecule has 5 rings (SSSR count). The number of methoxy groups -OCH3 is 1. The molecule has 3 aromatic carbocycles. The topological polar surface area (TPSA) is 77.2 Å². The van der Waals surface area contributed by atoms with E-state index in [1.54, 1.807) is 19.2 Å². The quantitative estimate of drug-likeness (QED) is 0.263. The summed E-state index contributed by atoms with van der Waals surface area (Å²) in [5.74, 6) is 0.379. The largest absolute Gasteiger partial charge is 0.496 e. The molecule has 0 fully saturated rings. The third-order valence-electron chi connectivity index (χ3n) is 5.77. The van der Waals surface area contributed by atoms with Gasteiger partial charge in [-0.05, 0) is 36.8 Å². The van der Waals surface area contributed by atoms with Crippen LogP contribution >= 0.6 is 22.9 Å². The zero-order valence-electron chi connectivity index (χ0n) is 19.1. The van der Waals surface area contributed by atoms with E-state index in [2.05, 4.69) is 17.4 Å². The van der Waals surface area contributed by atoms with E-state index in [-0.39, 0.29) is 5.91 Å². The number of nitrogens with two attached hydrogens (primary N) is 1. The minimum Gasteiger partial charge on any atom is -0.496 e. The molecular formula is C28H22ClN3O2S. The molecule has 0 aliphatic heterocycles. The molecule has 5 nitrogen and oxygen atoms in total. The number of para-hydroxylation sites is 2. The van der Waals surface area contributed by atoms with Crippen molar-refractivity contribution in [2.45, 2.75) is 6.92 Å². The Hall–Kier alpha value is -3.87. The first-order valence-electron chi connectivity index (χ1n) is 11.0. The van der Waals surface area contributed by atoms with Crippen LogP contribution in [0.2, 0.25) is 5.02 Å². The van der Waals surface area contributed by atoms with Gasteiger partial charge in [0.25, 0.3) is 5.91 Å². The van der Waals surface area contributed by atoms with Crippen molar-refractivity contribution in [2.75, 3.05) is 18.2 Å². The second-order valence-electron chi connectivity index (χ2n) is 8.08. The predicted molar refractivity (Wildman–Crippen MR) is 146 cm³/mol. The molecule has 0 atom stereocenters. The molecule has 5 aromatic rings. The number of amides is 1. The third-order valence-corrected chi connectivity index (χ3v) is 7.20. The zero-order valence-corrected chi connectivity index (χ0v) is 20.7. The van der Waals surface area contributed by atoms with Gasteiger partial charge < -0.3 is 15.8 Å². The maximum Gasteiger partial charge on any atom is 0.267 e. The number of hydrogen-bond acceptors (Lipinski definition) is 5. The summed E-state index contributed by atoms with van der Waals surface area (Å²) in [6.07, 6.45) is 0. The summed E-state index contributed by atoms with van der Waals surface area (Å²) in [4.78, 5) is 19.2. The summed E-state index contributed by atoms with van der Waals surface area (Å²) in [5.41, 5.74) is 12.2. The van der Waals surface area contributed by atoms with Crippen LogP contribution in [0.1, 0.15) is 15.2 Å². The molecule has 2 heterocycles. The maximum absolute atomic E-state index is 13.2. The molecule has 3 N–H and O–H groups in total. The zero-order chi connectivity index (χ0) is 24.5. The van der Waals surface area contributed by atoms with E-state index >= 15 is 0 Å². The first kappa shape index (κ1) is 22.9. The van der Waals surface area contributed by atoms with Crippen LogP contribution in [0.25, 0.3) is 32.6 Å². The number of nitrogens with zero attached hydrogens (tertiary/aromatic N) is 1. The number of rotatable bonds is 5. The van der Waals surface area contributed by atoms with Crippen LogP contribution < -0.4 is 15.8 Å². The number of carbonyl (C=O) groups excluding carboxylic acids is 1. The van der Waals surface area contributed by atoms with Crippen LogP contribution in [0.3, 0.4) is 0 Å². The Balaban J connectivity index is 1.71. The lowest BCUT2D eigenvalue weighted by molar-refractivity contribution is 0.103. The number of thiophene rings is 1. The Morgan fingerprint density at radius 2 is 1.71 bits per heavy atom. The van der Waals surface area contributed by atoms with E-state index in [0.29, 0.717) is 31.9 Å². The van der Waals surface area contributed by atoms with Crippen LogP contribution in [0.15, 0.2) is 78.9 Å². The monoisotopic (exact) mass is 499 g/mol. The number of fused-ring (bicyclic) bond motifs is 1. The molecule has 2 aromatic heterocycles. The van der Waals surface area contributed by atoms with Gasteiger partial charge in [0.15, 0.2) is 0 Å². The molecule has 174 valence electrons. The average molecular weight is 500 g/mol. The number of benzene rings is 3. The molecule has 0 unspecified atom stereocenters. The molecule has 0 radical (unpaired) electrons. The summed E-state index contributed by atoms with van der Waals surface area (Å²) in [6.45, 7) is 2.05. The maximum atomic E-state index is 13.2. The van der Waals surface area contributed by atoms with Crippen molar-refractivity contribution in [3.8, 4) is 28.1 Å². The molecule has 0 saturated heterocycles. The molecule has 1 amide bonds. The van der Waals surface area contributed by atoms with Crippen molar-refractivity contribution >= 4 is 50.4 Å². The lowest BCUT2D eigenvalue weighted by atomic mass is 9.98. The van der Waals surface area contributed by atoms with Crippen molar-refractivity contribution in [2.24, 2.45) is 0 Å². The second kappa shape index (κ2) is 9.41. The van der Waals surface area contributed by atoms with Gasteiger partial charge in [0.1, 0.15) is 15.5 Å². The number of nitrogen functional groups attached to an aromatic ring is 1. The van der Waals surface area contributed by atoms with Crippen molar-refractivity contribution in [3.63, 3.8) is 0 Å². The lowest BCUT2D eigenvalue weighted by Gasteiger charge is -2.12. The van der Waals surface area contributed by atoms with Gasteiger partial charge in [-0.3, -0.25) is 4.79 Å². The summed E-state index contributed by atoms with van der Waals surface area (Å²) in [6, 6.07) is 25.0. The van der Waals surface area contributed by atoms with Crippen molar-refractivity contribution < 1.29 is 9.53 Å². The van der Waals surface area contributed by atoms with Gasteiger partial charge in [0, 0.05) is 16.5 Å². The fourth-order valence-electron chi connectivity index (χ4n) is 3.98. The SMILES string of the molecule is COc1ccccc1-c1cc(-c2ccc(C)cc2)nc2sc(C(=O)Nc3ccccc3Cl)c(N)c12. The number of aryl methyl sites for hydroxylation is 1. The molecule has 0 bridgehead atoms. The average Bonchev–Trinajstić information content (AvgIpc) is 3.21. The number of hydrogen-bond donors (Lipinski definition) is 2. The fraction of sp³-hybridized carbons (Fsp3) is 0.0714. The van der Waals surface area contributed by atoms with Gasteiger partial charge in [-0.15, -0.1) is 11.3 Å². The molecule has 7 heteroatoms. The van der Waals surface area contributed by atoms with E-state index < -0.39 is 0 Å². The van der Waals surface area contributed by atoms with E-state index in [1.807, 2.05) is 61.5 Å². The van der Waals surface area contributed by atoms with Gasteiger partial charge >= 0.3 is 0 Å². The van der Waals surface area contributed by atoms with E-state index in [1.165, 1.54) is 16.9 Å². The second-order valence-corrected chi connectivity index (χ2v) is 9.49. The van der Waals surface area contributed by atoms with Gasteiger partial charge in [0.2, 0.25) is 0 Å². The van der Waals surface area contributed by atoms with Gasteiger partial charge in [-0.2, -0.15) is 0 Å². The number of carbonyl (C=O) groups is 1. The minimum absolute atomic E-state index is 0.332. The third kappa shape index (κ3) is 4.34. The predicted octanol–water partition coefficient (Wildman–Crippen LogP) is 7.44. The van der Waals surface area contributed by atoms with Crippen LogP contribution in [-0.4, -0.2) is 18.0 Å². The molecule has 35 heavy (non-hydrogen) atoms. The van der Waals surface area contributed by atoms with Gasteiger partial charge in [-0.1, -0.05) is 71.8 Å². The Labute approximate surface area is 212 Å². The number of nitrogens with one attached hydrogen (secondary N) is 1.